The van der Waals surface area contributed by atoms with Gasteiger partial charge in [0.2, 0.25) is 10.0 Å². The van der Waals surface area contributed by atoms with Gasteiger partial charge in [-0.25, -0.2) is 12.8 Å². The third kappa shape index (κ3) is 2.85. The summed E-state index contributed by atoms with van der Waals surface area (Å²) in [5.74, 6) is -1.36. The summed E-state index contributed by atoms with van der Waals surface area (Å²) in [6.45, 7) is 0.514. The van der Waals surface area contributed by atoms with Gasteiger partial charge in [0.1, 0.15) is 5.82 Å². The second-order valence-electron chi connectivity index (χ2n) is 6.13. The fraction of sp³-hybridized carbons (Fsp3) is 0.571. The molecule has 9 heteroatoms. The van der Waals surface area contributed by atoms with Gasteiger partial charge in [-0.05, 0) is 42.9 Å². The normalized spacial score (nSPS) is 29.0. The molecule has 1 aliphatic carbocycles. The molecule has 3 unspecified atom stereocenters. The van der Waals surface area contributed by atoms with Crippen molar-refractivity contribution in [3.63, 3.8) is 0 Å². The molecule has 1 aromatic carbocycles. The summed E-state index contributed by atoms with van der Waals surface area (Å²) in [4.78, 5) is -0.462. The molecule has 3 atom stereocenters. The Kier molecular flexibility index (Phi) is 3.93. The molecule has 1 saturated heterocycles. The number of hydrogen-bond donors (Lipinski definition) is 1. The highest BCUT2D eigenvalue weighted by Gasteiger charge is 2.45. The minimum atomic E-state index is -4.86. The molecule has 0 spiro atoms. The molecule has 3 rings (SSSR count). The quantitative estimate of drug-likeness (QED) is 0.830. The maximum atomic E-state index is 13.6. The molecule has 0 bridgehead atoms. The number of fused-ring (bicyclic) bond motifs is 1. The first kappa shape index (κ1) is 16.7. The molecule has 128 valence electrons. The van der Waals surface area contributed by atoms with Crippen LogP contribution in [0.2, 0.25) is 0 Å². The van der Waals surface area contributed by atoms with Crippen LogP contribution in [-0.2, 0) is 16.2 Å². The Balaban J connectivity index is 1.88. The lowest BCUT2D eigenvalue weighted by Crippen LogP contribution is -2.33. The Labute approximate surface area is 131 Å². The molecule has 1 saturated carbocycles. The molecule has 4 nitrogen and oxygen atoms in total. The predicted molar refractivity (Wildman–Crippen MR) is 74.4 cm³/mol. The number of benzene rings is 1. The van der Waals surface area contributed by atoms with Gasteiger partial charge >= 0.3 is 6.18 Å². The molecular weight excluding hydrogens is 336 g/mol. The van der Waals surface area contributed by atoms with Crippen LogP contribution in [0.15, 0.2) is 23.1 Å². The lowest BCUT2D eigenvalue weighted by Gasteiger charge is -2.19. The topological polar surface area (TPSA) is 63.4 Å². The number of nitrogens with two attached hydrogens (primary N) is 1. The fourth-order valence-corrected chi connectivity index (χ4v) is 5.04. The number of nitrogens with zero attached hydrogens (tertiary/aromatic N) is 1. The summed E-state index contributed by atoms with van der Waals surface area (Å²) in [6.07, 6.45) is -3.18. The van der Waals surface area contributed by atoms with Crippen LogP contribution in [0.4, 0.5) is 17.6 Å². The van der Waals surface area contributed by atoms with Crippen molar-refractivity contribution in [1.82, 2.24) is 4.31 Å². The Hall–Kier alpha value is -1.19. The summed E-state index contributed by atoms with van der Waals surface area (Å²) in [5, 5.41) is 0. The first-order valence-electron chi connectivity index (χ1n) is 7.23. The van der Waals surface area contributed by atoms with Crippen molar-refractivity contribution in [2.24, 2.45) is 17.6 Å². The molecule has 2 N–H and O–H groups in total. The molecule has 1 aromatic rings. The average Bonchev–Trinajstić information content (AvgIpc) is 3.00. The lowest BCUT2D eigenvalue weighted by molar-refractivity contribution is -0.140. The Bertz CT molecular complexity index is 720. The lowest BCUT2D eigenvalue weighted by atomic mass is 9.98. The standard InChI is InChI=1S/C14H16F4N2O2S/c15-12-5-9(2-3-11(12)14(16,17)18)23(21,22)20-6-8-1-4-13(19)10(8)7-20/h2-3,5,8,10,13H,1,4,6-7,19H2. The van der Waals surface area contributed by atoms with E-state index in [0.717, 1.165) is 18.9 Å². The summed E-state index contributed by atoms with van der Waals surface area (Å²) in [5.41, 5.74) is 4.47. The smallest absolute Gasteiger partial charge is 0.327 e. The second kappa shape index (κ2) is 5.42. The van der Waals surface area contributed by atoms with Crippen molar-refractivity contribution in [2.75, 3.05) is 13.1 Å². The zero-order valence-electron chi connectivity index (χ0n) is 12.1. The van der Waals surface area contributed by atoms with E-state index in [1.165, 1.54) is 4.31 Å². The third-order valence-electron chi connectivity index (χ3n) is 4.76. The van der Waals surface area contributed by atoms with E-state index >= 15 is 0 Å². The minimum absolute atomic E-state index is 0.0593. The van der Waals surface area contributed by atoms with Crippen molar-refractivity contribution < 1.29 is 26.0 Å². The highest BCUT2D eigenvalue weighted by Crippen LogP contribution is 2.40. The molecule has 2 aliphatic rings. The van der Waals surface area contributed by atoms with Crippen molar-refractivity contribution in [1.29, 1.82) is 0 Å². The molecule has 2 fully saturated rings. The van der Waals surface area contributed by atoms with Crippen LogP contribution in [0.3, 0.4) is 0 Å². The predicted octanol–water partition coefficient (Wildman–Crippen LogP) is 2.20. The van der Waals surface area contributed by atoms with Crippen LogP contribution in [0, 0.1) is 17.7 Å². The number of rotatable bonds is 2. The number of sulfonamides is 1. The first-order valence-corrected chi connectivity index (χ1v) is 8.67. The van der Waals surface area contributed by atoms with Gasteiger partial charge in [0.25, 0.3) is 0 Å². The van der Waals surface area contributed by atoms with Crippen molar-refractivity contribution in [3.8, 4) is 0 Å². The van der Waals surface area contributed by atoms with Crippen LogP contribution in [0.25, 0.3) is 0 Å². The summed E-state index contributed by atoms with van der Waals surface area (Å²) in [6, 6.07) is 1.64. The van der Waals surface area contributed by atoms with E-state index in [1.54, 1.807) is 0 Å². The van der Waals surface area contributed by atoms with Crippen molar-refractivity contribution in [3.05, 3.63) is 29.6 Å². The molecule has 0 amide bonds. The highest BCUT2D eigenvalue weighted by molar-refractivity contribution is 7.89. The first-order chi connectivity index (χ1) is 10.6. The molecule has 0 aromatic heterocycles. The van der Waals surface area contributed by atoms with E-state index in [9.17, 15) is 26.0 Å². The van der Waals surface area contributed by atoms with E-state index in [0.29, 0.717) is 12.1 Å². The second-order valence-corrected chi connectivity index (χ2v) is 8.06. The van der Waals surface area contributed by atoms with E-state index in [4.69, 9.17) is 5.73 Å². The molecule has 1 aliphatic heterocycles. The Morgan fingerprint density at radius 3 is 2.43 bits per heavy atom. The van der Waals surface area contributed by atoms with Crippen LogP contribution in [0.1, 0.15) is 18.4 Å². The molecule has 0 radical (unpaired) electrons. The highest BCUT2D eigenvalue weighted by atomic mass is 32.2. The maximum Gasteiger partial charge on any atom is 0.419 e. The van der Waals surface area contributed by atoms with Crippen LogP contribution >= 0.6 is 0 Å². The summed E-state index contributed by atoms with van der Waals surface area (Å²) >= 11 is 0. The average molecular weight is 352 g/mol. The van der Waals surface area contributed by atoms with Crippen molar-refractivity contribution in [2.45, 2.75) is 30.0 Å². The van der Waals surface area contributed by atoms with Crippen LogP contribution in [0.5, 0.6) is 0 Å². The van der Waals surface area contributed by atoms with Gasteiger partial charge in [-0.3, -0.25) is 0 Å². The van der Waals surface area contributed by atoms with Gasteiger partial charge in [-0.15, -0.1) is 0 Å². The van der Waals surface area contributed by atoms with Crippen molar-refractivity contribution >= 4 is 10.0 Å². The van der Waals surface area contributed by atoms with Gasteiger partial charge < -0.3 is 5.73 Å². The van der Waals surface area contributed by atoms with E-state index in [1.807, 2.05) is 0 Å². The number of alkyl halides is 3. The van der Waals surface area contributed by atoms with E-state index in [2.05, 4.69) is 0 Å². The van der Waals surface area contributed by atoms with Crippen LogP contribution in [-0.4, -0.2) is 31.9 Å². The van der Waals surface area contributed by atoms with E-state index in [-0.39, 0.29) is 31.0 Å². The largest absolute Gasteiger partial charge is 0.419 e. The molecule has 1 heterocycles. The van der Waals surface area contributed by atoms with Crippen LogP contribution < -0.4 is 5.73 Å². The molecular formula is C14H16F4N2O2S. The zero-order valence-corrected chi connectivity index (χ0v) is 12.9. The van der Waals surface area contributed by atoms with Gasteiger partial charge in [-0.1, -0.05) is 0 Å². The summed E-state index contributed by atoms with van der Waals surface area (Å²) in [7, 11) is -4.02. The van der Waals surface area contributed by atoms with E-state index < -0.39 is 32.5 Å². The summed E-state index contributed by atoms with van der Waals surface area (Å²) < 4.78 is 77.6. The zero-order chi connectivity index (χ0) is 17.0. The maximum absolute atomic E-state index is 13.6. The monoisotopic (exact) mass is 352 g/mol. The Morgan fingerprint density at radius 1 is 1.17 bits per heavy atom. The van der Waals surface area contributed by atoms with Gasteiger partial charge in [-0.2, -0.15) is 17.5 Å². The minimum Gasteiger partial charge on any atom is -0.327 e. The fourth-order valence-electron chi connectivity index (χ4n) is 3.50. The number of hydrogen-bond acceptors (Lipinski definition) is 3. The third-order valence-corrected chi connectivity index (χ3v) is 6.59. The van der Waals surface area contributed by atoms with Gasteiger partial charge in [0.05, 0.1) is 10.5 Å². The molecule has 23 heavy (non-hydrogen) atoms. The SMILES string of the molecule is NC1CCC2CN(S(=O)(=O)c3ccc(C(F)(F)F)c(F)c3)CC12. The van der Waals surface area contributed by atoms with Gasteiger partial charge in [0.15, 0.2) is 0 Å². The Morgan fingerprint density at radius 2 is 1.87 bits per heavy atom. The number of halogens is 4. The van der Waals surface area contributed by atoms with Gasteiger partial charge in [0, 0.05) is 19.1 Å².